The van der Waals surface area contributed by atoms with E-state index in [4.69, 9.17) is 10.5 Å². The largest absolute Gasteiger partial charge is 0.479 e. The number of fused-ring (bicyclic) bond motifs is 1. The van der Waals surface area contributed by atoms with Crippen molar-refractivity contribution in [2.45, 2.75) is 38.8 Å². The molecule has 2 unspecified atom stereocenters. The maximum atomic E-state index is 12.6. The molecule has 1 heterocycles. The van der Waals surface area contributed by atoms with Crippen LogP contribution in [0.25, 0.3) is 0 Å². The zero-order valence-corrected chi connectivity index (χ0v) is 14.2. The summed E-state index contributed by atoms with van der Waals surface area (Å²) >= 11 is 0. The molecule has 0 aliphatic carbocycles. The van der Waals surface area contributed by atoms with Gasteiger partial charge in [-0.2, -0.15) is 0 Å². The smallest absolute Gasteiger partial charge is 0.267 e. The quantitative estimate of drug-likeness (QED) is 0.916. The monoisotopic (exact) mass is 324 g/mol. The molecule has 24 heavy (non-hydrogen) atoms. The molecule has 2 aromatic carbocycles. The first-order valence-corrected chi connectivity index (χ1v) is 8.51. The molecule has 0 saturated heterocycles. The number of carbonyl (C=O) groups excluding carboxylic acids is 1. The fraction of sp³-hybridized carbons (Fsp3) is 0.350. The fourth-order valence-corrected chi connectivity index (χ4v) is 3.01. The van der Waals surface area contributed by atoms with Crippen molar-refractivity contribution in [3.63, 3.8) is 0 Å². The number of hydrogen-bond acceptors (Lipinski definition) is 3. The molecule has 4 heteroatoms. The molecule has 2 N–H and O–H groups in total. The van der Waals surface area contributed by atoms with Gasteiger partial charge in [0.05, 0.1) is 5.69 Å². The summed E-state index contributed by atoms with van der Waals surface area (Å²) in [6.45, 7) is 4.49. The van der Waals surface area contributed by atoms with Crippen molar-refractivity contribution in [3.05, 3.63) is 59.7 Å². The van der Waals surface area contributed by atoms with Gasteiger partial charge in [-0.3, -0.25) is 4.79 Å². The Bertz CT molecular complexity index is 715. The topological polar surface area (TPSA) is 55.6 Å². The lowest BCUT2D eigenvalue weighted by Gasteiger charge is -2.33. The number of carbonyl (C=O) groups is 1. The summed E-state index contributed by atoms with van der Waals surface area (Å²) in [5, 5.41) is 0. The van der Waals surface area contributed by atoms with Crippen LogP contribution in [-0.2, 0) is 11.2 Å². The second-order valence-corrected chi connectivity index (χ2v) is 6.23. The highest BCUT2D eigenvalue weighted by molar-refractivity contribution is 5.99. The van der Waals surface area contributed by atoms with Crippen LogP contribution in [0.4, 0.5) is 5.69 Å². The Morgan fingerprint density at radius 3 is 2.67 bits per heavy atom. The van der Waals surface area contributed by atoms with E-state index in [9.17, 15) is 4.79 Å². The zero-order valence-electron chi connectivity index (χ0n) is 14.2. The van der Waals surface area contributed by atoms with Crippen molar-refractivity contribution in [2.75, 3.05) is 11.4 Å². The summed E-state index contributed by atoms with van der Waals surface area (Å²) in [5.41, 5.74) is 9.23. The average molecular weight is 324 g/mol. The molecular weight excluding hydrogens is 300 g/mol. The number of anilines is 1. The summed E-state index contributed by atoms with van der Waals surface area (Å²) in [5.74, 6) is 0.753. The minimum atomic E-state index is -0.459. The highest BCUT2D eigenvalue weighted by Gasteiger charge is 2.31. The van der Waals surface area contributed by atoms with Gasteiger partial charge in [0.1, 0.15) is 5.75 Å². The Kier molecular flexibility index (Phi) is 4.86. The van der Waals surface area contributed by atoms with Crippen molar-refractivity contribution in [1.82, 2.24) is 0 Å². The van der Waals surface area contributed by atoms with Crippen molar-refractivity contribution in [3.8, 4) is 5.75 Å². The maximum absolute atomic E-state index is 12.6. The zero-order chi connectivity index (χ0) is 17.1. The van der Waals surface area contributed by atoms with Crippen LogP contribution >= 0.6 is 0 Å². The van der Waals surface area contributed by atoms with Gasteiger partial charge in [-0.1, -0.05) is 43.3 Å². The van der Waals surface area contributed by atoms with Crippen LogP contribution in [0.3, 0.4) is 0 Å². The molecule has 4 nitrogen and oxygen atoms in total. The fourth-order valence-electron chi connectivity index (χ4n) is 3.01. The third-order valence-electron chi connectivity index (χ3n) is 4.53. The Morgan fingerprint density at radius 2 is 1.96 bits per heavy atom. The van der Waals surface area contributed by atoms with Gasteiger partial charge in [0.2, 0.25) is 0 Å². The summed E-state index contributed by atoms with van der Waals surface area (Å²) < 4.78 is 5.76. The summed E-state index contributed by atoms with van der Waals surface area (Å²) in [6, 6.07) is 16.1. The van der Waals surface area contributed by atoms with Gasteiger partial charge < -0.3 is 15.4 Å². The molecule has 126 valence electrons. The first-order valence-electron chi connectivity index (χ1n) is 8.51. The highest BCUT2D eigenvalue weighted by atomic mass is 16.5. The van der Waals surface area contributed by atoms with Gasteiger partial charge in [-0.15, -0.1) is 0 Å². The minimum absolute atomic E-state index is 0.000603. The summed E-state index contributed by atoms with van der Waals surface area (Å²) in [7, 11) is 0. The first-order chi connectivity index (χ1) is 11.6. The summed E-state index contributed by atoms with van der Waals surface area (Å²) in [6.07, 6.45) is 1.20. The lowest BCUT2D eigenvalue weighted by atomic mass is 10.0. The third kappa shape index (κ3) is 3.29. The van der Waals surface area contributed by atoms with Crippen molar-refractivity contribution >= 4 is 11.6 Å². The Morgan fingerprint density at radius 1 is 1.21 bits per heavy atom. The van der Waals surface area contributed by atoms with E-state index >= 15 is 0 Å². The second kappa shape index (κ2) is 7.05. The number of benzene rings is 2. The first kappa shape index (κ1) is 16.5. The van der Waals surface area contributed by atoms with E-state index in [1.165, 1.54) is 5.56 Å². The maximum Gasteiger partial charge on any atom is 0.267 e. The van der Waals surface area contributed by atoms with Crippen LogP contribution in [0, 0.1) is 0 Å². The molecule has 1 aliphatic heterocycles. The molecule has 0 saturated carbocycles. The van der Waals surface area contributed by atoms with E-state index in [2.05, 4.69) is 19.1 Å². The van der Waals surface area contributed by atoms with Gasteiger partial charge in [0.15, 0.2) is 6.10 Å². The lowest BCUT2D eigenvalue weighted by molar-refractivity contribution is -0.125. The molecule has 1 amide bonds. The van der Waals surface area contributed by atoms with Gasteiger partial charge in [-0.05, 0) is 43.0 Å². The van der Waals surface area contributed by atoms with Crippen LogP contribution in [0.15, 0.2) is 48.5 Å². The molecule has 0 bridgehead atoms. The van der Waals surface area contributed by atoms with Crippen molar-refractivity contribution in [1.29, 1.82) is 0 Å². The molecule has 0 spiro atoms. The normalized spacial score (nSPS) is 18.0. The lowest BCUT2D eigenvalue weighted by Crippen LogP contribution is -2.45. The van der Waals surface area contributed by atoms with Crippen molar-refractivity contribution < 1.29 is 9.53 Å². The average Bonchev–Trinajstić information content (AvgIpc) is 2.62. The predicted octanol–water partition coefficient (Wildman–Crippen LogP) is 3.45. The molecular formula is C20H24N2O2. The molecule has 0 aromatic heterocycles. The number of nitrogens with two attached hydrogens (primary N) is 1. The van der Waals surface area contributed by atoms with Gasteiger partial charge in [0.25, 0.3) is 5.91 Å². The molecule has 0 fully saturated rings. The predicted molar refractivity (Wildman–Crippen MR) is 96.3 cm³/mol. The van der Waals surface area contributed by atoms with Crippen molar-refractivity contribution in [2.24, 2.45) is 5.73 Å². The van der Waals surface area contributed by atoms with Crippen LogP contribution in [0.1, 0.15) is 37.4 Å². The molecule has 0 radical (unpaired) electrons. The minimum Gasteiger partial charge on any atom is -0.479 e. The van der Waals surface area contributed by atoms with Gasteiger partial charge in [0, 0.05) is 12.6 Å². The molecule has 2 aromatic rings. The van der Waals surface area contributed by atoms with E-state index < -0.39 is 6.10 Å². The van der Waals surface area contributed by atoms with E-state index in [1.807, 2.05) is 41.3 Å². The third-order valence-corrected chi connectivity index (χ3v) is 4.53. The Hall–Kier alpha value is -2.33. The second-order valence-electron chi connectivity index (χ2n) is 6.23. The van der Waals surface area contributed by atoms with E-state index in [-0.39, 0.29) is 11.9 Å². The Balaban J connectivity index is 1.89. The Labute approximate surface area is 143 Å². The van der Waals surface area contributed by atoms with Crippen LogP contribution in [0.2, 0.25) is 0 Å². The van der Waals surface area contributed by atoms with Crippen LogP contribution < -0.4 is 15.4 Å². The number of hydrogen-bond donors (Lipinski definition) is 1. The molecule has 1 aliphatic rings. The number of nitrogens with zero attached hydrogens (tertiary/aromatic N) is 1. The number of rotatable bonds is 5. The molecule has 3 rings (SSSR count). The van der Waals surface area contributed by atoms with Gasteiger partial charge >= 0.3 is 0 Å². The summed E-state index contributed by atoms with van der Waals surface area (Å²) in [4.78, 5) is 14.5. The van der Waals surface area contributed by atoms with Crippen LogP contribution in [0.5, 0.6) is 5.75 Å². The SMILES string of the molecule is CCC(N)c1ccc2c(c1)N(CCc1ccccc1)C(=O)C(C)O2. The van der Waals surface area contributed by atoms with E-state index in [0.29, 0.717) is 6.54 Å². The van der Waals surface area contributed by atoms with E-state index in [0.717, 1.165) is 29.8 Å². The van der Waals surface area contributed by atoms with Crippen LogP contribution in [-0.4, -0.2) is 18.6 Å². The highest BCUT2D eigenvalue weighted by Crippen LogP contribution is 2.36. The number of ether oxygens (including phenoxy) is 1. The number of amides is 1. The van der Waals surface area contributed by atoms with Gasteiger partial charge in [-0.25, -0.2) is 0 Å². The van der Waals surface area contributed by atoms with E-state index in [1.54, 1.807) is 6.92 Å². The standard InChI is InChI=1S/C20H24N2O2/c1-3-17(21)16-9-10-19-18(13-16)22(20(23)14(2)24-19)12-11-15-7-5-4-6-8-15/h4-10,13-14,17H,3,11-12,21H2,1-2H3. The molecule has 2 atom stereocenters.